The zero-order valence-electron chi connectivity index (χ0n) is 26.0. The van der Waals surface area contributed by atoms with E-state index in [2.05, 4.69) is 126 Å². The number of rotatable bonds is 4. The maximum Gasteiger partial charge on any atom is 0.162 e. The second-order valence-electron chi connectivity index (χ2n) is 12.1. The van der Waals surface area contributed by atoms with E-state index < -0.39 is 0 Å². The van der Waals surface area contributed by atoms with Crippen LogP contribution >= 0.6 is 11.3 Å². The van der Waals surface area contributed by atoms with Gasteiger partial charge in [0.1, 0.15) is 11.6 Å². The van der Waals surface area contributed by atoms with Gasteiger partial charge >= 0.3 is 0 Å². The first-order valence-electron chi connectivity index (χ1n) is 16.0. The van der Waals surface area contributed by atoms with Gasteiger partial charge in [0, 0.05) is 58.9 Å². The largest absolute Gasteiger partial charge is 0.497 e. The first kappa shape index (κ1) is 27.1. The highest BCUT2D eigenvalue weighted by atomic mass is 32.1. The van der Waals surface area contributed by atoms with Gasteiger partial charge in [0.25, 0.3) is 0 Å². The zero-order chi connectivity index (χ0) is 31.8. The van der Waals surface area contributed by atoms with E-state index >= 15 is 0 Å². The Bertz CT molecular complexity index is 2810. The van der Waals surface area contributed by atoms with Gasteiger partial charge in [-0.05, 0) is 35.0 Å². The van der Waals surface area contributed by atoms with Gasteiger partial charge in [0.2, 0.25) is 0 Å². The predicted octanol–water partition coefficient (Wildman–Crippen LogP) is 11.6. The number of methoxy groups -OCH3 is 1. The lowest BCUT2D eigenvalue weighted by Gasteiger charge is -2.13. The number of nitrogens with zero attached hydrogens (tertiary/aromatic N) is 3. The van der Waals surface area contributed by atoms with E-state index in [0.29, 0.717) is 5.82 Å². The lowest BCUT2D eigenvalue weighted by molar-refractivity contribution is 0.415. The first-order valence-corrected chi connectivity index (χ1v) is 16.9. The summed E-state index contributed by atoms with van der Waals surface area (Å²) in [7, 11) is 1.74. The van der Waals surface area contributed by atoms with Crippen LogP contribution in [0.4, 0.5) is 0 Å². The lowest BCUT2D eigenvalue weighted by atomic mass is 9.97. The van der Waals surface area contributed by atoms with Crippen LogP contribution in [0.2, 0.25) is 0 Å². The molecule has 226 valence electrons. The molecule has 0 bridgehead atoms. The van der Waals surface area contributed by atoms with Gasteiger partial charge in [0.15, 0.2) is 5.82 Å². The minimum Gasteiger partial charge on any atom is -0.497 e. The molecule has 4 nitrogen and oxygen atoms in total. The molecular formula is C43H27N3OS. The van der Waals surface area contributed by atoms with Gasteiger partial charge in [-0.25, -0.2) is 9.97 Å². The van der Waals surface area contributed by atoms with Crippen molar-refractivity contribution >= 4 is 74.9 Å². The fourth-order valence-electron chi connectivity index (χ4n) is 7.35. The molecule has 0 aliphatic rings. The van der Waals surface area contributed by atoms with Gasteiger partial charge in [0.05, 0.1) is 23.8 Å². The highest BCUT2D eigenvalue weighted by Crippen LogP contribution is 2.49. The Morgan fingerprint density at radius 2 is 1.27 bits per heavy atom. The van der Waals surface area contributed by atoms with Crippen LogP contribution in [0.15, 0.2) is 146 Å². The van der Waals surface area contributed by atoms with Crippen LogP contribution in [-0.2, 0) is 0 Å². The molecule has 0 fully saturated rings. The van der Waals surface area contributed by atoms with E-state index in [9.17, 15) is 0 Å². The number of hydrogen-bond donors (Lipinski definition) is 0. The first-order chi connectivity index (χ1) is 23.8. The molecule has 3 heterocycles. The number of hydrogen-bond acceptors (Lipinski definition) is 4. The Morgan fingerprint density at radius 1 is 0.562 bits per heavy atom. The molecule has 10 rings (SSSR count). The fraction of sp³-hybridized carbons (Fsp3) is 0.0233. The van der Waals surface area contributed by atoms with Gasteiger partial charge in [-0.1, -0.05) is 115 Å². The van der Waals surface area contributed by atoms with Crippen LogP contribution in [0, 0.1) is 0 Å². The monoisotopic (exact) mass is 633 g/mol. The molecule has 3 aromatic heterocycles. The molecule has 0 atom stereocenters. The average molecular weight is 634 g/mol. The molecule has 0 spiro atoms. The summed E-state index contributed by atoms with van der Waals surface area (Å²) in [6.07, 6.45) is 0. The van der Waals surface area contributed by atoms with E-state index in [4.69, 9.17) is 14.7 Å². The summed E-state index contributed by atoms with van der Waals surface area (Å²) in [4.78, 5) is 10.5. The molecule has 5 heteroatoms. The minimum atomic E-state index is 0.693. The summed E-state index contributed by atoms with van der Waals surface area (Å²) in [5.41, 5.74) is 5.16. The van der Waals surface area contributed by atoms with E-state index in [-0.39, 0.29) is 0 Å². The Hall–Kier alpha value is -6.04. The number of thiophene rings is 1. The summed E-state index contributed by atoms with van der Waals surface area (Å²) in [5, 5.41) is 9.77. The number of benzene rings is 7. The van der Waals surface area contributed by atoms with E-state index in [0.717, 1.165) is 39.4 Å². The molecule has 0 N–H and O–H groups in total. The summed E-state index contributed by atoms with van der Waals surface area (Å²) >= 11 is 1.85. The normalized spacial score (nSPS) is 11.9. The predicted molar refractivity (Wildman–Crippen MR) is 202 cm³/mol. The fourth-order valence-corrected chi connectivity index (χ4v) is 8.58. The van der Waals surface area contributed by atoms with Crippen molar-refractivity contribution in [1.29, 1.82) is 0 Å². The second-order valence-corrected chi connectivity index (χ2v) is 13.2. The molecule has 48 heavy (non-hydrogen) atoms. The molecular weight excluding hydrogens is 607 g/mol. The van der Waals surface area contributed by atoms with E-state index in [1.54, 1.807) is 7.11 Å². The lowest BCUT2D eigenvalue weighted by Crippen LogP contribution is -2.02. The molecule has 0 aliphatic heterocycles. The highest BCUT2D eigenvalue weighted by Gasteiger charge is 2.24. The Balaban J connectivity index is 1.46. The summed E-state index contributed by atoms with van der Waals surface area (Å²) < 4.78 is 10.7. The molecule has 10 aromatic rings. The number of ether oxygens (including phenoxy) is 1. The maximum atomic E-state index is 5.77. The van der Waals surface area contributed by atoms with Gasteiger partial charge in [-0.15, -0.1) is 11.3 Å². The molecule has 0 saturated carbocycles. The number of fused-ring (bicyclic) bond motifs is 12. The standard InChI is InChI=1S/C43H27N3OS/c1-47-29-21-23-36-33(24-29)39-40-38-30-17-9-8-12-26(30)20-22-35(38)46(41(40)31-18-10-11-19-32(31)42(39)48-36)37-25-34(27-13-4-2-5-14-27)44-43(45-37)28-15-6-3-7-16-28/h2-25H,1H3. The van der Waals surface area contributed by atoms with Crippen molar-refractivity contribution in [3.63, 3.8) is 0 Å². The average Bonchev–Trinajstić information content (AvgIpc) is 3.72. The van der Waals surface area contributed by atoms with Crippen molar-refractivity contribution in [3.8, 4) is 34.2 Å². The SMILES string of the molecule is COc1ccc2sc3c4ccccc4c4c(c3c2c1)c1c2ccccc2ccc1n4-c1cc(-c2ccccc2)nc(-c2ccccc2)n1. The third-order valence-electron chi connectivity index (χ3n) is 9.47. The van der Waals surface area contributed by atoms with E-state index in [1.165, 1.54) is 52.5 Å². The van der Waals surface area contributed by atoms with Crippen molar-refractivity contribution in [1.82, 2.24) is 14.5 Å². The van der Waals surface area contributed by atoms with Crippen molar-refractivity contribution in [2.45, 2.75) is 0 Å². The van der Waals surface area contributed by atoms with Crippen LogP contribution in [-0.4, -0.2) is 21.6 Å². The second kappa shape index (κ2) is 10.5. The third kappa shape index (κ3) is 3.95. The summed E-state index contributed by atoms with van der Waals surface area (Å²) in [5.74, 6) is 2.38. The minimum absolute atomic E-state index is 0.693. The maximum absolute atomic E-state index is 5.77. The van der Waals surface area contributed by atoms with Gasteiger partial charge in [-0.2, -0.15) is 0 Å². The van der Waals surface area contributed by atoms with Crippen LogP contribution in [0.5, 0.6) is 5.75 Å². The van der Waals surface area contributed by atoms with Crippen molar-refractivity contribution in [2.75, 3.05) is 7.11 Å². The van der Waals surface area contributed by atoms with Crippen molar-refractivity contribution < 1.29 is 4.74 Å². The van der Waals surface area contributed by atoms with Crippen LogP contribution in [0.1, 0.15) is 0 Å². The molecule has 0 saturated heterocycles. The summed E-state index contributed by atoms with van der Waals surface area (Å²) in [6.45, 7) is 0. The molecule has 0 amide bonds. The molecule has 0 aliphatic carbocycles. The molecule has 7 aromatic carbocycles. The third-order valence-corrected chi connectivity index (χ3v) is 10.7. The van der Waals surface area contributed by atoms with Crippen LogP contribution < -0.4 is 4.74 Å². The highest BCUT2D eigenvalue weighted by molar-refractivity contribution is 7.27. The Kier molecular flexibility index (Phi) is 5.92. The van der Waals surface area contributed by atoms with Crippen molar-refractivity contribution in [2.24, 2.45) is 0 Å². The smallest absolute Gasteiger partial charge is 0.162 e. The van der Waals surface area contributed by atoms with Crippen LogP contribution in [0.25, 0.3) is 92.0 Å². The Labute approximate surface area is 280 Å². The number of aromatic nitrogens is 3. The van der Waals surface area contributed by atoms with Gasteiger partial charge in [-0.3, -0.25) is 4.57 Å². The van der Waals surface area contributed by atoms with Crippen LogP contribution in [0.3, 0.4) is 0 Å². The zero-order valence-corrected chi connectivity index (χ0v) is 26.8. The summed E-state index contributed by atoms with van der Waals surface area (Å²) in [6, 6.07) is 51.3. The molecule has 0 radical (unpaired) electrons. The van der Waals surface area contributed by atoms with Gasteiger partial charge < -0.3 is 4.74 Å². The van der Waals surface area contributed by atoms with E-state index in [1.807, 2.05) is 35.6 Å². The van der Waals surface area contributed by atoms with Crippen molar-refractivity contribution in [3.05, 3.63) is 146 Å². The molecule has 0 unspecified atom stereocenters. The quantitative estimate of drug-likeness (QED) is 0.194. The Morgan fingerprint density at radius 3 is 2.06 bits per heavy atom. The topological polar surface area (TPSA) is 39.9 Å².